The van der Waals surface area contributed by atoms with Crippen molar-refractivity contribution in [2.75, 3.05) is 63.8 Å². The van der Waals surface area contributed by atoms with E-state index in [9.17, 15) is 31.1 Å². The number of anilines is 1. The van der Waals surface area contributed by atoms with Crippen LogP contribution in [0, 0.1) is 5.82 Å². The van der Waals surface area contributed by atoms with Gasteiger partial charge in [0.25, 0.3) is 20.2 Å². The van der Waals surface area contributed by atoms with Crippen LogP contribution >= 0.6 is 0 Å². The number of β-amino-alcohol motifs (C(OH)–C–C–N with tert-alkyl or cyclic N) is 1. The summed E-state index contributed by atoms with van der Waals surface area (Å²) in [6, 6.07) is 11.7. The minimum atomic E-state index is -4.48. The number of aliphatic hydroxyl groups excluding tert-OH is 1. The number of nitrogens with zero attached hydrogens (tertiary/aromatic N) is 4. The number of aromatic nitrogens is 1. The third-order valence-corrected chi connectivity index (χ3v) is 8.50. The summed E-state index contributed by atoms with van der Waals surface area (Å²) in [5.41, 5.74) is 1.17. The molecule has 1 amide bonds. The Kier molecular flexibility index (Phi) is 9.33. The van der Waals surface area contributed by atoms with Crippen molar-refractivity contribution in [3.05, 3.63) is 66.1 Å². The fourth-order valence-corrected chi connectivity index (χ4v) is 6.84. The Bertz CT molecular complexity index is 1750. The molecule has 0 bridgehead atoms. The van der Waals surface area contributed by atoms with Crippen LogP contribution in [0.1, 0.15) is 11.7 Å². The van der Waals surface area contributed by atoms with Gasteiger partial charge >= 0.3 is 12.0 Å². The molecule has 2 aliphatic heterocycles. The number of hydrogen-bond acceptors (Lipinski definition) is 13. The van der Waals surface area contributed by atoms with Crippen molar-refractivity contribution in [1.82, 2.24) is 14.8 Å². The first-order valence-electron chi connectivity index (χ1n) is 13.8. The van der Waals surface area contributed by atoms with Gasteiger partial charge in [0.2, 0.25) is 0 Å². The van der Waals surface area contributed by atoms with E-state index in [4.69, 9.17) is 17.8 Å². The van der Waals surface area contributed by atoms with E-state index >= 15 is 0 Å². The van der Waals surface area contributed by atoms with Crippen molar-refractivity contribution in [1.29, 1.82) is 0 Å². The average Bonchev–Trinajstić information content (AvgIpc) is 3.20. The zero-order valence-electron chi connectivity index (χ0n) is 24.7. The number of piperazine rings is 1. The molecule has 2 aliphatic rings. The molecule has 1 unspecified atom stereocenters. The second-order valence-corrected chi connectivity index (χ2v) is 13.9. The maximum Gasteiger partial charge on any atom is 0.419 e. The van der Waals surface area contributed by atoms with Gasteiger partial charge in [0.1, 0.15) is 11.6 Å². The number of rotatable bonds is 11. The average molecular weight is 669 g/mol. The number of hydrogen-bond donors (Lipinski definition) is 1. The molecule has 0 radical (unpaired) electrons. The molecule has 2 atom stereocenters. The number of carbonyl (C=O) groups is 1. The summed E-state index contributed by atoms with van der Waals surface area (Å²) in [6.07, 6.45) is -0.672. The van der Waals surface area contributed by atoms with Gasteiger partial charge in [-0.15, -0.1) is 0 Å². The largest absolute Gasteiger partial charge is 0.497 e. The molecule has 1 N–H and O–H groups in total. The van der Waals surface area contributed by atoms with Crippen LogP contribution in [0.2, 0.25) is 0 Å². The third kappa shape index (κ3) is 7.51. The lowest BCUT2D eigenvalue weighted by Crippen LogP contribution is -2.61. The molecule has 17 heteroatoms. The number of methoxy groups -OCH3 is 1. The smallest absolute Gasteiger partial charge is 0.419 e. The fraction of sp³-hybridized carbons (Fsp3) is 0.429. The molecule has 14 nitrogen and oxygen atoms in total. The Balaban J connectivity index is 1.34. The summed E-state index contributed by atoms with van der Waals surface area (Å²) >= 11 is 0. The van der Waals surface area contributed by atoms with Crippen molar-refractivity contribution >= 4 is 42.9 Å². The molecular formula is C28H33FN4O10S2. The van der Waals surface area contributed by atoms with Gasteiger partial charge in [0, 0.05) is 50.9 Å². The van der Waals surface area contributed by atoms with Crippen LogP contribution in [0.4, 0.5) is 14.9 Å². The normalized spacial score (nSPS) is 20.3. The second kappa shape index (κ2) is 12.7. The predicted octanol–water partition coefficient (Wildman–Crippen LogP) is 1.67. The highest BCUT2D eigenvalue weighted by Crippen LogP contribution is 2.40. The van der Waals surface area contributed by atoms with Crippen LogP contribution in [0.25, 0.3) is 10.9 Å². The molecule has 5 rings (SSSR count). The SMILES string of the molecule is COc1ccc2nccc([C@@H](O)CN3CCN(CC4OC(=O)N(c5cccc(F)c5)C4(OS(C)(=O)=O)OS(C)(=O)=O)CC3)c2c1. The van der Waals surface area contributed by atoms with Gasteiger partial charge in [-0.05, 0) is 48.0 Å². The van der Waals surface area contributed by atoms with E-state index in [1.54, 1.807) is 25.4 Å². The third-order valence-electron chi connectivity index (χ3n) is 7.41. The standard InChI is InChI=1S/C28H33FN4O10S2/c1-40-21-7-8-24-23(16-21)22(9-10-30-24)25(34)17-31-11-13-32(14-12-31)18-26-28(42-44(2,36)37,43-45(3,38)39)33(27(35)41-26)20-6-4-5-19(29)15-20/h4-10,15-16,25-26,34H,11-14,17-18H2,1-3H3/t25-,26?/m0/s1. The number of cyclic esters (lactones) is 1. The molecule has 45 heavy (non-hydrogen) atoms. The highest BCUT2D eigenvalue weighted by atomic mass is 32.2. The number of fused-ring (bicyclic) bond motifs is 1. The van der Waals surface area contributed by atoms with Crippen LogP contribution in [-0.4, -0.2) is 114 Å². The van der Waals surface area contributed by atoms with Gasteiger partial charge in [-0.25, -0.2) is 22.5 Å². The van der Waals surface area contributed by atoms with Crippen molar-refractivity contribution in [3.8, 4) is 5.75 Å². The highest BCUT2D eigenvalue weighted by Gasteiger charge is 2.63. The maximum absolute atomic E-state index is 14.2. The van der Waals surface area contributed by atoms with Gasteiger partial charge in [0.05, 0.1) is 36.9 Å². The van der Waals surface area contributed by atoms with Gasteiger partial charge in [0.15, 0.2) is 6.10 Å². The summed E-state index contributed by atoms with van der Waals surface area (Å²) in [4.78, 5) is 21.9. The maximum atomic E-state index is 14.2. The first kappa shape index (κ1) is 32.9. The van der Waals surface area contributed by atoms with E-state index in [2.05, 4.69) is 4.98 Å². The van der Waals surface area contributed by atoms with Crippen molar-refractivity contribution < 1.29 is 49.0 Å². The van der Waals surface area contributed by atoms with Crippen LogP contribution in [0.5, 0.6) is 5.75 Å². The Hall–Kier alpha value is -3.45. The molecule has 2 fully saturated rings. The molecule has 0 aliphatic carbocycles. The predicted molar refractivity (Wildman–Crippen MR) is 160 cm³/mol. The molecule has 3 heterocycles. The molecule has 3 aromatic rings. The molecule has 2 aromatic carbocycles. The number of amides is 1. The van der Waals surface area contributed by atoms with E-state index in [0.29, 0.717) is 67.0 Å². The minimum absolute atomic E-state index is 0.187. The van der Waals surface area contributed by atoms with E-state index in [1.165, 1.54) is 12.1 Å². The highest BCUT2D eigenvalue weighted by molar-refractivity contribution is 7.86. The zero-order chi connectivity index (χ0) is 32.6. The van der Waals surface area contributed by atoms with Gasteiger partial charge in [-0.2, -0.15) is 16.8 Å². The van der Waals surface area contributed by atoms with Crippen LogP contribution in [-0.2, 0) is 33.3 Å². The Labute approximate surface area is 260 Å². The summed E-state index contributed by atoms with van der Waals surface area (Å²) < 4.78 is 85.1. The van der Waals surface area contributed by atoms with E-state index < -0.39 is 50.3 Å². The number of benzene rings is 2. The molecule has 244 valence electrons. The number of aliphatic hydroxyl groups is 1. The molecule has 1 aromatic heterocycles. The summed E-state index contributed by atoms with van der Waals surface area (Å²) in [5.74, 6) is -2.98. The van der Waals surface area contributed by atoms with E-state index in [-0.39, 0.29) is 12.2 Å². The summed E-state index contributed by atoms with van der Waals surface area (Å²) in [7, 11) is -7.40. The minimum Gasteiger partial charge on any atom is -0.497 e. The van der Waals surface area contributed by atoms with Gasteiger partial charge < -0.3 is 14.6 Å². The van der Waals surface area contributed by atoms with E-state index in [1.807, 2.05) is 21.9 Å². The number of halogens is 1. The first-order valence-corrected chi connectivity index (χ1v) is 17.4. The Morgan fingerprint density at radius 2 is 1.69 bits per heavy atom. The summed E-state index contributed by atoms with van der Waals surface area (Å²) in [5, 5.41) is 11.9. The lowest BCUT2D eigenvalue weighted by molar-refractivity contribution is -0.149. The van der Waals surface area contributed by atoms with Gasteiger partial charge in [-0.3, -0.25) is 14.8 Å². The Morgan fingerprint density at radius 3 is 2.31 bits per heavy atom. The fourth-order valence-electron chi connectivity index (χ4n) is 5.50. The van der Waals surface area contributed by atoms with Crippen LogP contribution < -0.4 is 9.64 Å². The number of ether oxygens (including phenoxy) is 2. The number of pyridine rings is 1. The molecule has 2 saturated heterocycles. The molecular weight excluding hydrogens is 635 g/mol. The van der Waals surface area contributed by atoms with Gasteiger partial charge in [-0.1, -0.05) is 6.07 Å². The summed E-state index contributed by atoms with van der Waals surface area (Å²) in [6.45, 7) is 1.79. The number of carbonyl (C=O) groups excluding carboxylic acids is 1. The lowest BCUT2D eigenvalue weighted by atomic mass is 10.0. The van der Waals surface area contributed by atoms with Crippen LogP contribution in [0.3, 0.4) is 0 Å². The van der Waals surface area contributed by atoms with Crippen molar-refractivity contribution in [2.45, 2.75) is 18.1 Å². The lowest BCUT2D eigenvalue weighted by Gasteiger charge is -2.39. The quantitative estimate of drug-likeness (QED) is 0.232. The Morgan fingerprint density at radius 1 is 1.02 bits per heavy atom. The zero-order valence-corrected chi connectivity index (χ0v) is 26.3. The van der Waals surface area contributed by atoms with Crippen molar-refractivity contribution in [3.63, 3.8) is 0 Å². The molecule has 0 saturated carbocycles. The van der Waals surface area contributed by atoms with Crippen LogP contribution in [0.15, 0.2) is 54.7 Å². The first-order chi connectivity index (χ1) is 21.2. The second-order valence-electron chi connectivity index (χ2n) is 10.8. The monoisotopic (exact) mass is 668 g/mol. The van der Waals surface area contributed by atoms with E-state index in [0.717, 1.165) is 17.5 Å². The molecule has 0 spiro atoms. The van der Waals surface area contributed by atoms with Crippen molar-refractivity contribution in [2.24, 2.45) is 0 Å². The topological polar surface area (TPSA) is 165 Å².